The van der Waals surface area contributed by atoms with Crippen LogP contribution < -0.4 is 4.74 Å². The second kappa shape index (κ2) is 10.6. The average Bonchev–Trinajstić information content (AvgIpc) is 2.72. The first kappa shape index (κ1) is 23.0. The van der Waals surface area contributed by atoms with Crippen LogP contribution in [0.1, 0.15) is 43.7 Å². The number of methoxy groups -OCH3 is 1. The monoisotopic (exact) mass is 428 g/mol. The van der Waals surface area contributed by atoms with Gasteiger partial charge in [-0.3, -0.25) is 4.79 Å². The molecule has 1 aliphatic heterocycles. The number of esters is 1. The lowest BCUT2D eigenvalue weighted by molar-refractivity contribution is -0.156. The first-order valence-electron chi connectivity index (χ1n) is 10.5. The second-order valence-corrected chi connectivity index (χ2v) is 7.96. The van der Waals surface area contributed by atoms with Crippen LogP contribution in [0.25, 0.3) is 17.2 Å². The van der Waals surface area contributed by atoms with E-state index < -0.39 is 18.2 Å². The Kier molecular flexibility index (Phi) is 7.82. The topological polar surface area (TPSA) is 65.0 Å². The van der Waals surface area contributed by atoms with Crippen molar-refractivity contribution in [3.63, 3.8) is 0 Å². The van der Waals surface area contributed by atoms with Gasteiger partial charge in [-0.05, 0) is 58.5 Å². The van der Waals surface area contributed by atoms with Gasteiger partial charge in [-0.15, -0.1) is 0 Å². The van der Waals surface area contributed by atoms with E-state index in [1.54, 1.807) is 25.3 Å². The molecule has 1 N–H and O–H groups in total. The van der Waals surface area contributed by atoms with Crippen LogP contribution in [0.4, 0.5) is 4.39 Å². The minimum Gasteiger partial charge on any atom is -0.491 e. The quantitative estimate of drug-likeness (QED) is 0.487. The lowest BCUT2D eigenvalue weighted by Crippen LogP contribution is -2.31. The Morgan fingerprint density at radius 1 is 1.23 bits per heavy atom. The summed E-state index contributed by atoms with van der Waals surface area (Å²) in [6, 6.07) is 10.2. The molecule has 1 saturated heterocycles. The summed E-state index contributed by atoms with van der Waals surface area (Å²) < 4.78 is 29.8. The fourth-order valence-electron chi connectivity index (χ4n) is 3.64. The molecule has 2 aromatic carbocycles. The van der Waals surface area contributed by atoms with Crippen molar-refractivity contribution in [1.29, 1.82) is 0 Å². The Hall–Kier alpha value is -2.70. The molecule has 1 aliphatic rings. The van der Waals surface area contributed by atoms with Crippen LogP contribution in [0.5, 0.6) is 5.75 Å². The number of cyclic esters (lactones) is 1. The van der Waals surface area contributed by atoms with Gasteiger partial charge in [0.2, 0.25) is 0 Å². The molecule has 2 atom stereocenters. The molecule has 0 radical (unpaired) electrons. The Morgan fingerprint density at radius 3 is 2.61 bits per heavy atom. The molecule has 0 aromatic heterocycles. The van der Waals surface area contributed by atoms with Crippen molar-refractivity contribution in [1.82, 2.24) is 0 Å². The number of aliphatic hydroxyl groups excluding tert-OH is 1. The summed E-state index contributed by atoms with van der Waals surface area (Å²) in [4.78, 5) is 11.7. The van der Waals surface area contributed by atoms with Crippen LogP contribution in [-0.2, 0) is 14.3 Å². The van der Waals surface area contributed by atoms with Crippen molar-refractivity contribution in [3.05, 3.63) is 59.4 Å². The average molecular weight is 429 g/mol. The molecule has 1 fully saturated rings. The molecule has 5 nitrogen and oxygen atoms in total. The SMILES string of the molecule is COCCOc1cc(-c2ccc(F)cc2)c(C=CC2CC(O)CC(=O)O2)c(C(C)C)c1. The van der Waals surface area contributed by atoms with Gasteiger partial charge >= 0.3 is 5.97 Å². The Morgan fingerprint density at radius 2 is 1.97 bits per heavy atom. The standard InChI is InChI=1S/C25H29FO5/c1-16(2)23-14-21(30-11-10-29-3)15-24(17-4-6-18(26)7-5-17)22(23)9-8-20-12-19(27)13-25(28)31-20/h4-9,14-16,19-20,27H,10-13H2,1-3H3. The van der Waals surface area contributed by atoms with Crippen molar-refractivity contribution >= 4 is 12.0 Å². The van der Waals surface area contributed by atoms with Crippen LogP contribution in [0.2, 0.25) is 0 Å². The van der Waals surface area contributed by atoms with Crippen LogP contribution in [0.3, 0.4) is 0 Å². The van der Waals surface area contributed by atoms with Gasteiger partial charge in [0.05, 0.1) is 19.1 Å². The minimum atomic E-state index is -0.700. The van der Waals surface area contributed by atoms with E-state index in [2.05, 4.69) is 13.8 Å². The summed E-state index contributed by atoms with van der Waals surface area (Å²) in [5, 5.41) is 9.89. The summed E-state index contributed by atoms with van der Waals surface area (Å²) in [6.07, 6.45) is 2.92. The highest BCUT2D eigenvalue weighted by molar-refractivity contribution is 5.79. The molecule has 0 saturated carbocycles. The summed E-state index contributed by atoms with van der Waals surface area (Å²) in [7, 11) is 1.62. The van der Waals surface area contributed by atoms with E-state index in [-0.39, 0.29) is 18.2 Å². The summed E-state index contributed by atoms with van der Waals surface area (Å²) >= 11 is 0. The first-order valence-corrected chi connectivity index (χ1v) is 10.5. The molecule has 0 aliphatic carbocycles. The van der Waals surface area contributed by atoms with Crippen LogP contribution in [-0.4, -0.2) is 43.6 Å². The second-order valence-electron chi connectivity index (χ2n) is 7.96. The van der Waals surface area contributed by atoms with Gasteiger partial charge < -0.3 is 19.3 Å². The molecule has 2 aromatic rings. The number of hydrogen-bond donors (Lipinski definition) is 1. The number of carbonyl (C=O) groups excluding carboxylic acids is 1. The maximum atomic E-state index is 13.5. The van der Waals surface area contributed by atoms with Crippen molar-refractivity contribution in [3.8, 4) is 16.9 Å². The molecule has 0 spiro atoms. The highest BCUT2D eigenvalue weighted by Crippen LogP contribution is 2.36. The molecule has 3 rings (SSSR count). The van der Waals surface area contributed by atoms with E-state index >= 15 is 0 Å². The molecule has 1 heterocycles. The zero-order valence-corrected chi connectivity index (χ0v) is 18.1. The highest BCUT2D eigenvalue weighted by Gasteiger charge is 2.25. The summed E-state index contributed by atoms with van der Waals surface area (Å²) in [5.41, 5.74) is 3.73. The maximum absolute atomic E-state index is 13.5. The summed E-state index contributed by atoms with van der Waals surface area (Å²) in [5.74, 6) is 0.180. The van der Waals surface area contributed by atoms with E-state index in [0.29, 0.717) is 25.4 Å². The third kappa shape index (κ3) is 6.15. The Balaban J connectivity index is 2.04. The normalized spacial score (nSPS) is 19.1. The van der Waals surface area contributed by atoms with Gasteiger partial charge in [-0.25, -0.2) is 4.39 Å². The smallest absolute Gasteiger partial charge is 0.309 e. The van der Waals surface area contributed by atoms with E-state index in [4.69, 9.17) is 14.2 Å². The predicted molar refractivity (Wildman–Crippen MR) is 117 cm³/mol. The third-order valence-corrected chi connectivity index (χ3v) is 5.19. The number of hydrogen-bond acceptors (Lipinski definition) is 5. The van der Waals surface area contributed by atoms with E-state index in [9.17, 15) is 14.3 Å². The largest absolute Gasteiger partial charge is 0.491 e. The fraction of sp³-hybridized carbons (Fsp3) is 0.400. The van der Waals surface area contributed by atoms with Gasteiger partial charge in [0.1, 0.15) is 24.3 Å². The predicted octanol–water partition coefficient (Wildman–Crippen LogP) is 4.72. The van der Waals surface area contributed by atoms with Crippen molar-refractivity contribution in [2.45, 2.75) is 44.8 Å². The van der Waals surface area contributed by atoms with Crippen LogP contribution >= 0.6 is 0 Å². The third-order valence-electron chi connectivity index (χ3n) is 5.19. The maximum Gasteiger partial charge on any atom is 0.309 e. The Bertz CT molecular complexity index is 920. The molecule has 0 amide bonds. The van der Waals surface area contributed by atoms with Crippen molar-refractivity contribution < 1.29 is 28.5 Å². The Labute approximate surface area is 182 Å². The lowest BCUT2D eigenvalue weighted by atomic mass is 9.89. The van der Waals surface area contributed by atoms with Gasteiger partial charge in [0.25, 0.3) is 0 Å². The van der Waals surface area contributed by atoms with Crippen molar-refractivity contribution in [2.75, 3.05) is 20.3 Å². The van der Waals surface area contributed by atoms with Gasteiger partial charge in [0.15, 0.2) is 0 Å². The van der Waals surface area contributed by atoms with Gasteiger partial charge in [-0.2, -0.15) is 0 Å². The van der Waals surface area contributed by atoms with E-state index in [0.717, 1.165) is 22.3 Å². The van der Waals surface area contributed by atoms with Crippen LogP contribution in [0, 0.1) is 5.82 Å². The van der Waals surface area contributed by atoms with Crippen molar-refractivity contribution in [2.24, 2.45) is 0 Å². The number of rotatable bonds is 8. The van der Waals surface area contributed by atoms with Gasteiger partial charge in [-0.1, -0.05) is 32.1 Å². The first-order chi connectivity index (χ1) is 14.9. The number of benzene rings is 2. The zero-order chi connectivity index (χ0) is 22.4. The molecular weight excluding hydrogens is 399 g/mol. The molecule has 2 unspecified atom stereocenters. The molecule has 31 heavy (non-hydrogen) atoms. The minimum absolute atomic E-state index is 0.0237. The number of halogens is 1. The number of ether oxygens (including phenoxy) is 3. The van der Waals surface area contributed by atoms with Gasteiger partial charge in [0, 0.05) is 13.5 Å². The fourth-order valence-corrected chi connectivity index (χ4v) is 3.64. The molecule has 6 heteroatoms. The number of carbonyl (C=O) groups is 1. The molecular formula is C25H29FO5. The zero-order valence-electron chi connectivity index (χ0n) is 18.1. The molecule has 166 valence electrons. The molecule has 0 bridgehead atoms. The highest BCUT2D eigenvalue weighted by atomic mass is 19.1. The number of aliphatic hydroxyl groups is 1. The van der Waals surface area contributed by atoms with E-state index in [1.165, 1.54) is 12.1 Å². The lowest BCUT2D eigenvalue weighted by Gasteiger charge is -2.24. The summed E-state index contributed by atoms with van der Waals surface area (Å²) in [6.45, 7) is 5.07. The van der Waals surface area contributed by atoms with Crippen LogP contribution in [0.15, 0.2) is 42.5 Å². The van der Waals surface area contributed by atoms with E-state index in [1.807, 2.05) is 18.2 Å².